The third kappa shape index (κ3) is 5.99. The third-order valence-corrected chi connectivity index (χ3v) is 6.43. The molecule has 0 unspecified atom stereocenters. The number of thiazole rings is 1. The van der Waals surface area contributed by atoms with Gasteiger partial charge in [-0.15, -0.1) is 11.3 Å². The van der Waals surface area contributed by atoms with Crippen molar-refractivity contribution >= 4 is 23.2 Å². The lowest BCUT2D eigenvalue weighted by atomic mass is 9.95. The van der Waals surface area contributed by atoms with Crippen LogP contribution in [0.3, 0.4) is 0 Å². The van der Waals surface area contributed by atoms with Gasteiger partial charge < -0.3 is 10.2 Å². The van der Waals surface area contributed by atoms with Crippen molar-refractivity contribution < 1.29 is 9.59 Å². The Labute approximate surface area is 172 Å². The molecule has 8 heteroatoms. The second kappa shape index (κ2) is 10.3. The van der Waals surface area contributed by atoms with E-state index in [9.17, 15) is 9.59 Å². The van der Waals surface area contributed by atoms with E-state index in [1.807, 2.05) is 11.8 Å². The molecule has 0 atom stereocenters. The summed E-state index contributed by atoms with van der Waals surface area (Å²) in [5.74, 6) is 0.538. The standard InChI is InChI=1S/C20H33N5O2S/c1-3-6-21-19(26)14-24-9-11-25(12-10-24)20(27)17-4-7-23(8-5-17)13-18-15-28-16(2)22-18/h15,17H,3-14H2,1-2H3,(H,21,26). The first-order chi connectivity index (χ1) is 13.5. The van der Waals surface area contributed by atoms with Crippen molar-refractivity contribution in [2.45, 2.75) is 39.7 Å². The molecule has 7 nitrogen and oxygen atoms in total. The molecular formula is C20H33N5O2S. The van der Waals surface area contributed by atoms with Gasteiger partial charge in [-0.2, -0.15) is 0 Å². The Bertz CT molecular complexity index is 649. The fourth-order valence-corrected chi connectivity index (χ4v) is 4.56. The molecule has 2 saturated heterocycles. The van der Waals surface area contributed by atoms with E-state index in [1.165, 1.54) is 0 Å². The first-order valence-electron chi connectivity index (χ1n) is 10.5. The highest BCUT2D eigenvalue weighted by Gasteiger charge is 2.30. The molecule has 3 rings (SSSR count). The van der Waals surface area contributed by atoms with Gasteiger partial charge in [0.05, 0.1) is 17.2 Å². The predicted molar refractivity (Wildman–Crippen MR) is 111 cm³/mol. The van der Waals surface area contributed by atoms with Gasteiger partial charge in [0, 0.05) is 50.6 Å². The Morgan fingerprint density at radius 1 is 1.14 bits per heavy atom. The number of nitrogens with one attached hydrogen (secondary N) is 1. The summed E-state index contributed by atoms with van der Waals surface area (Å²) in [5, 5.41) is 6.16. The van der Waals surface area contributed by atoms with Crippen LogP contribution in [0.2, 0.25) is 0 Å². The Kier molecular flexibility index (Phi) is 7.82. The molecule has 0 aliphatic carbocycles. The minimum absolute atomic E-state index is 0.0873. The molecule has 3 heterocycles. The van der Waals surface area contributed by atoms with E-state index in [-0.39, 0.29) is 11.8 Å². The molecule has 0 bridgehead atoms. The van der Waals surface area contributed by atoms with Crippen LogP contribution < -0.4 is 5.32 Å². The quantitative estimate of drug-likeness (QED) is 0.739. The molecule has 1 aromatic heterocycles. The Hall–Kier alpha value is -1.51. The minimum atomic E-state index is 0.0873. The summed E-state index contributed by atoms with van der Waals surface area (Å²) >= 11 is 1.70. The molecule has 0 aromatic carbocycles. The molecule has 2 aliphatic heterocycles. The molecule has 0 radical (unpaired) electrons. The van der Waals surface area contributed by atoms with Crippen LogP contribution >= 0.6 is 11.3 Å². The average molecular weight is 408 g/mol. The number of rotatable bonds is 7. The Morgan fingerprint density at radius 3 is 2.46 bits per heavy atom. The highest BCUT2D eigenvalue weighted by molar-refractivity contribution is 7.09. The summed E-state index contributed by atoms with van der Waals surface area (Å²) in [4.78, 5) is 35.8. The summed E-state index contributed by atoms with van der Waals surface area (Å²) in [6.45, 7) is 11.1. The fraction of sp³-hybridized carbons (Fsp3) is 0.750. The van der Waals surface area contributed by atoms with Gasteiger partial charge in [0.15, 0.2) is 0 Å². The van der Waals surface area contributed by atoms with Gasteiger partial charge in [0.25, 0.3) is 0 Å². The van der Waals surface area contributed by atoms with Gasteiger partial charge in [-0.25, -0.2) is 4.98 Å². The Morgan fingerprint density at radius 2 is 1.86 bits per heavy atom. The summed E-state index contributed by atoms with van der Waals surface area (Å²) in [7, 11) is 0. The zero-order chi connectivity index (χ0) is 19.9. The van der Waals surface area contributed by atoms with E-state index in [0.717, 1.165) is 82.3 Å². The van der Waals surface area contributed by atoms with Crippen molar-refractivity contribution in [2.75, 3.05) is 52.4 Å². The average Bonchev–Trinajstić information content (AvgIpc) is 3.11. The van der Waals surface area contributed by atoms with Crippen LogP contribution in [0.1, 0.15) is 36.9 Å². The molecule has 0 spiro atoms. The van der Waals surface area contributed by atoms with Crippen LogP contribution in [-0.4, -0.2) is 83.9 Å². The number of hydrogen-bond acceptors (Lipinski definition) is 6. The number of carbonyl (C=O) groups is 2. The normalized spacial score (nSPS) is 19.7. The number of likely N-dealkylation sites (tertiary alicyclic amines) is 1. The molecule has 1 N–H and O–H groups in total. The molecular weight excluding hydrogens is 374 g/mol. The first kappa shape index (κ1) is 21.2. The van der Waals surface area contributed by atoms with E-state index < -0.39 is 0 Å². The lowest BCUT2D eigenvalue weighted by molar-refractivity contribution is -0.139. The molecule has 2 aliphatic rings. The maximum atomic E-state index is 12.9. The number of aromatic nitrogens is 1. The van der Waals surface area contributed by atoms with Gasteiger partial charge in [0.1, 0.15) is 0 Å². The van der Waals surface area contributed by atoms with Crippen LogP contribution in [0.4, 0.5) is 0 Å². The van der Waals surface area contributed by atoms with Gasteiger partial charge in [-0.1, -0.05) is 6.92 Å². The smallest absolute Gasteiger partial charge is 0.234 e. The van der Waals surface area contributed by atoms with Crippen LogP contribution in [0.5, 0.6) is 0 Å². The monoisotopic (exact) mass is 407 g/mol. The van der Waals surface area contributed by atoms with E-state index in [1.54, 1.807) is 11.3 Å². The third-order valence-electron chi connectivity index (χ3n) is 5.61. The van der Waals surface area contributed by atoms with Gasteiger partial charge in [0.2, 0.25) is 11.8 Å². The lowest BCUT2D eigenvalue weighted by Gasteiger charge is -2.38. The number of aryl methyl sites for hydroxylation is 1. The molecule has 156 valence electrons. The molecule has 0 saturated carbocycles. The zero-order valence-electron chi connectivity index (χ0n) is 17.2. The fourth-order valence-electron chi connectivity index (χ4n) is 3.96. The van der Waals surface area contributed by atoms with Crippen molar-refractivity contribution in [1.82, 2.24) is 25.0 Å². The molecule has 2 amide bonds. The predicted octanol–water partition coefficient (Wildman–Crippen LogP) is 1.33. The van der Waals surface area contributed by atoms with Gasteiger partial charge in [-0.3, -0.25) is 19.4 Å². The maximum absolute atomic E-state index is 12.9. The highest BCUT2D eigenvalue weighted by atomic mass is 32.1. The lowest BCUT2D eigenvalue weighted by Crippen LogP contribution is -2.53. The number of piperidine rings is 1. The molecule has 1 aromatic rings. The maximum Gasteiger partial charge on any atom is 0.234 e. The summed E-state index contributed by atoms with van der Waals surface area (Å²) in [5.41, 5.74) is 1.14. The topological polar surface area (TPSA) is 68.8 Å². The SMILES string of the molecule is CCCNC(=O)CN1CCN(C(=O)C2CCN(Cc3csc(C)n3)CC2)CC1. The zero-order valence-corrected chi connectivity index (χ0v) is 18.0. The second-order valence-electron chi connectivity index (χ2n) is 7.86. The van der Waals surface area contributed by atoms with Crippen molar-refractivity contribution in [3.8, 4) is 0 Å². The summed E-state index contributed by atoms with van der Waals surface area (Å²) in [6, 6.07) is 0. The van der Waals surface area contributed by atoms with E-state index in [0.29, 0.717) is 12.5 Å². The number of carbonyl (C=O) groups excluding carboxylic acids is 2. The van der Waals surface area contributed by atoms with Gasteiger partial charge >= 0.3 is 0 Å². The van der Waals surface area contributed by atoms with Crippen LogP contribution in [0.15, 0.2) is 5.38 Å². The van der Waals surface area contributed by atoms with Crippen LogP contribution in [0.25, 0.3) is 0 Å². The minimum Gasteiger partial charge on any atom is -0.355 e. The number of hydrogen-bond donors (Lipinski definition) is 1. The molecule has 2 fully saturated rings. The van der Waals surface area contributed by atoms with Crippen molar-refractivity contribution in [3.63, 3.8) is 0 Å². The summed E-state index contributed by atoms with van der Waals surface area (Å²) < 4.78 is 0. The number of piperazine rings is 1. The first-order valence-corrected chi connectivity index (χ1v) is 11.3. The Balaban J connectivity index is 1.37. The van der Waals surface area contributed by atoms with Crippen LogP contribution in [0, 0.1) is 12.8 Å². The van der Waals surface area contributed by atoms with E-state index in [4.69, 9.17) is 0 Å². The molecule has 28 heavy (non-hydrogen) atoms. The van der Waals surface area contributed by atoms with Crippen molar-refractivity contribution in [3.05, 3.63) is 16.1 Å². The van der Waals surface area contributed by atoms with Gasteiger partial charge in [-0.05, 0) is 39.3 Å². The highest BCUT2D eigenvalue weighted by Crippen LogP contribution is 2.22. The number of amides is 2. The summed E-state index contributed by atoms with van der Waals surface area (Å²) in [6.07, 6.45) is 2.82. The number of nitrogens with zero attached hydrogens (tertiary/aromatic N) is 4. The van der Waals surface area contributed by atoms with Crippen LogP contribution in [-0.2, 0) is 16.1 Å². The second-order valence-corrected chi connectivity index (χ2v) is 8.92. The van der Waals surface area contributed by atoms with E-state index >= 15 is 0 Å². The van der Waals surface area contributed by atoms with Crippen molar-refractivity contribution in [2.24, 2.45) is 5.92 Å². The largest absolute Gasteiger partial charge is 0.355 e. The van der Waals surface area contributed by atoms with E-state index in [2.05, 4.69) is 32.4 Å². The van der Waals surface area contributed by atoms with Crippen molar-refractivity contribution in [1.29, 1.82) is 0 Å².